The summed E-state index contributed by atoms with van der Waals surface area (Å²) >= 11 is 0. The van der Waals surface area contributed by atoms with Crippen LogP contribution in [0.2, 0.25) is 0 Å². The normalized spacial score (nSPS) is 28.4. The molecule has 0 aliphatic carbocycles. The first-order valence-electron chi connectivity index (χ1n) is 3.18. The lowest BCUT2D eigenvalue weighted by Crippen LogP contribution is -2.50. The third kappa shape index (κ3) is 1.00. The maximum atomic E-state index is 11.0. The van der Waals surface area contributed by atoms with Crippen LogP contribution in [0.4, 0.5) is 0 Å². The number of hydrogen-bond donors (Lipinski definition) is 1. The van der Waals surface area contributed by atoms with Crippen LogP contribution in [0.15, 0.2) is 12.3 Å². The number of carbonyl (C=O) groups is 2. The van der Waals surface area contributed by atoms with Gasteiger partial charge in [0.1, 0.15) is 0 Å². The van der Waals surface area contributed by atoms with Crippen LogP contribution in [0.3, 0.4) is 0 Å². The highest BCUT2D eigenvalue weighted by atomic mass is 16.5. The third-order valence-corrected chi connectivity index (χ3v) is 1.69. The summed E-state index contributed by atoms with van der Waals surface area (Å²) in [5.74, 6) is -0.836. The number of rotatable bonds is 1. The molecule has 0 aromatic heterocycles. The smallest absolute Gasteiger partial charge is 0.339 e. The van der Waals surface area contributed by atoms with Crippen molar-refractivity contribution >= 4 is 11.8 Å². The molecule has 0 spiro atoms. The molecule has 60 valence electrons. The van der Waals surface area contributed by atoms with Crippen LogP contribution in [0, 0.1) is 0 Å². The van der Waals surface area contributed by atoms with Crippen LogP contribution in [-0.2, 0) is 14.3 Å². The van der Waals surface area contributed by atoms with E-state index in [1.807, 2.05) is 0 Å². The molecular formula is C7H9NO3. The van der Waals surface area contributed by atoms with Gasteiger partial charge in [-0.25, -0.2) is 4.79 Å². The first-order chi connectivity index (χ1) is 5.11. The monoisotopic (exact) mass is 155 g/mol. The molecule has 0 saturated carbocycles. The minimum atomic E-state index is -1.20. The van der Waals surface area contributed by atoms with Crippen molar-refractivity contribution in [3.63, 3.8) is 0 Å². The number of ether oxygens (including phenoxy) is 1. The van der Waals surface area contributed by atoms with E-state index < -0.39 is 11.5 Å². The quantitative estimate of drug-likeness (QED) is 0.413. The molecule has 1 heterocycles. The molecule has 1 rings (SSSR count). The lowest BCUT2D eigenvalue weighted by molar-refractivity contribution is -0.150. The molecule has 0 radical (unpaired) electrons. The summed E-state index contributed by atoms with van der Waals surface area (Å²) in [4.78, 5) is 22.0. The Kier molecular flexibility index (Phi) is 1.68. The molecule has 4 heteroatoms. The van der Waals surface area contributed by atoms with Gasteiger partial charge in [0.05, 0.1) is 7.11 Å². The number of hydrogen-bond acceptors (Lipinski definition) is 4. The fraction of sp³-hybridized carbons (Fsp3) is 0.429. The molecule has 0 bridgehead atoms. The summed E-state index contributed by atoms with van der Waals surface area (Å²) in [5, 5.41) is 2.63. The summed E-state index contributed by atoms with van der Waals surface area (Å²) in [5.41, 5.74) is -1.20. The van der Waals surface area contributed by atoms with Gasteiger partial charge >= 0.3 is 5.97 Å². The second-order valence-electron chi connectivity index (χ2n) is 2.46. The van der Waals surface area contributed by atoms with Gasteiger partial charge in [-0.3, -0.25) is 4.79 Å². The Morgan fingerprint density at radius 1 is 1.73 bits per heavy atom. The number of carbonyl (C=O) groups excluding carboxylic acids is 2. The number of ketones is 1. The Morgan fingerprint density at radius 2 is 2.36 bits per heavy atom. The Balaban J connectivity index is 2.84. The Hall–Kier alpha value is -1.32. The van der Waals surface area contributed by atoms with Crippen molar-refractivity contribution in [3.05, 3.63) is 12.3 Å². The van der Waals surface area contributed by atoms with Gasteiger partial charge in [0.2, 0.25) is 0 Å². The topological polar surface area (TPSA) is 55.4 Å². The van der Waals surface area contributed by atoms with Gasteiger partial charge in [-0.2, -0.15) is 0 Å². The fourth-order valence-electron chi connectivity index (χ4n) is 0.885. The van der Waals surface area contributed by atoms with Gasteiger partial charge in [0.25, 0.3) is 0 Å². The minimum Gasteiger partial charge on any atom is -0.467 e. The van der Waals surface area contributed by atoms with Crippen LogP contribution in [0.1, 0.15) is 6.92 Å². The highest BCUT2D eigenvalue weighted by molar-refractivity contribution is 6.14. The van der Waals surface area contributed by atoms with Gasteiger partial charge in [-0.15, -0.1) is 0 Å². The molecule has 11 heavy (non-hydrogen) atoms. The van der Waals surface area contributed by atoms with Gasteiger partial charge in [-0.05, 0) is 13.0 Å². The zero-order chi connectivity index (χ0) is 8.48. The third-order valence-electron chi connectivity index (χ3n) is 1.69. The minimum absolute atomic E-state index is 0.274. The number of esters is 1. The second-order valence-corrected chi connectivity index (χ2v) is 2.46. The highest BCUT2D eigenvalue weighted by Gasteiger charge is 2.42. The highest BCUT2D eigenvalue weighted by Crippen LogP contribution is 2.13. The standard InChI is InChI=1S/C7H9NO3/c1-7(6(10)11-2)5(9)3-4-8-7/h3-4,8H,1-2H3. The molecule has 0 saturated heterocycles. The molecule has 0 amide bonds. The van der Waals surface area contributed by atoms with E-state index in [2.05, 4.69) is 10.1 Å². The molecule has 0 aromatic rings. The van der Waals surface area contributed by atoms with Gasteiger partial charge in [-0.1, -0.05) is 0 Å². The van der Waals surface area contributed by atoms with Crippen molar-refractivity contribution < 1.29 is 14.3 Å². The zero-order valence-corrected chi connectivity index (χ0v) is 6.38. The first kappa shape index (κ1) is 7.78. The first-order valence-corrected chi connectivity index (χ1v) is 3.18. The molecule has 0 fully saturated rings. The van der Waals surface area contributed by atoms with E-state index in [0.29, 0.717) is 0 Å². The van der Waals surface area contributed by atoms with E-state index in [4.69, 9.17) is 0 Å². The maximum Gasteiger partial charge on any atom is 0.339 e. The second kappa shape index (κ2) is 2.38. The van der Waals surface area contributed by atoms with E-state index in [1.54, 1.807) is 0 Å². The van der Waals surface area contributed by atoms with Crippen molar-refractivity contribution in [1.82, 2.24) is 5.32 Å². The van der Waals surface area contributed by atoms with Gasteiger partial charge in [0.15, 0.2) is 11.3 Å². The summed E-state index contributed by atoms with van der Waals surface area (Å²) < 4.78 is 4.45. The van der Waals surface area contributed by atoms with Crippen molar-refractivity contribution in [2.24, 2.45) is 0 Å². The van der Waals surface area contributed by atoms with Crippen LogP contribution in [-0.4, -0.2) is 24.4 Å². The lowest BCUT2D eigenvalue weighted by Gasteiger charge is -2.19. The Bertz CT molecular complexity index is 234. The van der Waals surface area contributed by atoms with E-state index in [-0.39, 0.29) is 5.78 Å². The van der Waals surface area contributed by atoms with E-state index in [9.17, 15) is 9.59 Å². The van der Waals surface area contributed by atoms with E-state index in [1.165, 1.54) is 26.3 Å². The predicted octanol–water partition coefficient (Wildman–Crippen LogP) is -0.396. The molecular weight excluding hydrogens is 146 g/mol. The number of methoxy groups -OCH3 is 1. The van der Waals surface area contributed by atoms with Crippen LogP contribution >= 0.6 is 0 Å². The average Bonchev–Trinajstić information content (AvgIpc) is 2.32. The molecule has 1 atom stereocenters. The molecule has 0 aromatic carbocycles. The molecule has 1 aliphatic heterocycles. The molecule has 1 N–H and O–H groups in total. The SMILES string of the molecule is COC(=O)C1(C)NC=CC1=O. The van der Waals surface area contributed by atoms with Crippen molar-refractivity contribution in [3.8, 4) is 0 Å². The molecule has 1 aliphatic rings. The largest absolute Gasteiger partial charge is 0.467 e. The van der Waals surface area contributed by atoms with Gasteiger partial charge in [0, 0.05) is 6.20 Å². The summed E-state index contributed by atoms with van der Waals surface area (Å²) in [6.45, 7) is 1.49. The molecule has 1 unspecified atom stereocenters. The van der Waals surface area contributed by atoms with Crippen LogP contribution < -0.4 is 5.32 Å². The van der Waals surface area contributed by atoms with Crippen molar-refractivity contribution in [1.29, 1.82) is 0 Å². The predicted molar refractivity (Wildman–Crippen MR) is 37.7 cm³/mol. The Labute approximate surface area is 64.2 Å². The van der Waals surface area contributed by atoms with Gasteiger partial charge < -0.3 is 10.1 Å². The number of nitrogens with one attached hydrogen (secondary N) is 1. The summed E-state index contributed by atoms with van der Waals surface area (Å²) in [7, 11) is 1.25. The molecule has 4 nitrogen and oxygen atoms in total. The maximum absolute atomic E-state index is 11.0. The van der Waals surface area contributed by atoms with E-state index in [0.717, 1.165) is 0 Å². The van der Waals surface area contributed by atoms with E-state index >= 15 is 0 Å². The van der Waals surface area contributed by atoms with Crippen LogP contribution in [0.5, 0.6) is 0 Å². The van der Waals surface area contributed by atoms with Crippen molar-refractivity contribution in [2.75, 3.05) is 7.11 Å². The average molecular weight is 155 g/mol. The van der Waals surface area contributed by atoms with Crippen molar-refractivity contribution in [2.45, 2.75) is 12.5 Å². The summed E-state index contributed by atoms with van der Waals surface area (Å²) in [6.07, 6.45) is 2.76. The lowest BCUT2D eigenvalue weighted by atomic mass is 10.00. The zero-order valence-electron chi connectivity index (χ0n) is 6.38. The fourth-order valence-corrected chi connectivity index (χ4v) is 0.885. The van der Waals surface area contributed by atoms with Crippen LogP contribution in [0.25, 0.3) is 0 Å². The Morgan fingerprint density at radius 3 is 2.73 bits per heavy atom. The summed E-state index contributed by atoms with van der Waals surface area (Å²) in [6, 6.07) is 0.